The molecule has 7 N–H and O–H groups in total. The molecule has 1 aromatic heterocycles. The van der Waals surface area contributed by atoms with Crippen LogP contribution in [0, 0.1) is 28.6 Å². The third-order valence-electron chi connectivity index (χ3n) is 8.47. The summed E-state index contributed by atoms with van der Waals surface area (Å²) in [4.78, 5) is 73.0. The van der Waals surface area contributed by atoms with E-state index in [1.165, 1.54) is 25.1 Å². The lowest BCUT2D eigenvalue weighted by Gasteiger charge is -2.60. The molecule has 0 radical (unpaired) electrons. The molecule has 0 spiro atoms. The van der Waals surface area contributed by atoms with Gasteiger partial charge >= 0.3 is 0 Å². The van der Waals surface area contributed by atoms with Gasteiger partial charge in [-0.25, -0.2) is 0 Å². The van der Waals surface area contributed by atoms with Crippen LogP contribution in [-0.2, 0) is 25.6 Å². The predicted molar refractivity (Wildman–Crippen MR) is 135 cm³/mol. The van der Waals surface area contributed by atoms with E-state index < -0.39 is 75.6 Å². The summed E-state index contributed by atoms with van der Waals surface area (Å²) < 4.78 is 0. The van der Waals surface area contributed by atoms with E-state index in [0.29, 0.717) is 16.7 Å². The number of benzene rings is 1. The largest absolute Gasteiger partial charge is 0.507 e. The molecule has 0 saturated heterocycles. The molecule has 39 heavy (non-hydrogen) atoms. The van der Waals surface area contributed by atoms with Crippen molar-refractivity contribution in [2.45, 2.75) is 30.0 Å². The van der Waals surface area contributed by atoms with Crippen molar-refractivity contribution in [1.29, 1.82) is 5.26 Å². The molecule has 0 aliphatic heterocycles. The normalized spacial score (nSPS) is 33.7. The van der Waals surface area contributed by atoms with E-state index in [1.807, 2.05) is 0 Å². The van der Waals surface area contributed by atoms with E-state index in [1.54, 1.807) is 36.7 Å². The van der Waals surface area contributed by atoms with Crippen molar-refractivity contribution in [2.75, 3.05) is 14.1 Å². The summed E-state index contributed by atoms with van der Waals surface area (Å²) in [6, 6.07) is 6.56. The second kappa shape index (κ2) is 8.34. The van der Waals surface area contributed by atoms with Crippen LogP contribution in [0.15, 0.2) is 36.7 Å². The molecule has 1 aromatic carbocycles. The van der Waals surface area contributed by atoms with Crippen LogP contribution in [0.3, 0.4) is 0 Å². The number of hydrogen-bond acceptors (Lipinski definition) is 11. The zero-order valence-corrected chi connectivity index (χ0v) is 21.2. The van der Waals surface area contributed by atoms with Gasteiger partial charge in [0.15, 0.2) is 34.5 Å². The number of rotatable bonds is 3. The minimum atomic E-state index is -2.77. The topological polar surface area (TPSA) is 224 Å². The molecule has 2 unspecified atom stereocenters. The summed E-state index contributed by atoms with van der Waals surface area (Å²) in [6.45, 7) is 0. The van der Waals surface area contributed by atoms with Gasteiger partial charge in [-0.1, -0.05) is 6.07 Å². The van der Waals surface area contributed by atoms with Crippen LogP contribution in [-0.4, -0.2) is 75.2 Å². The maximum atomic E-state index is 14.3. The molecule has 1 amide bonds. The molecule has 2 fully saturated rings. The highest BCUT2D eigenvalue weighted by atomic mass is 16.3. The Hall–Kier alpha value is -4.31. The second-order valence-corrected chi connectivity index (χ2v) is 10.8. The number of ketones is 4. The summed E-state index contributed by atoms with van der Waals surface area (Å²) in [5, 5.41) is 21.1. The number of phenolic OH excluding ortho intramolecular Hbond substituents is 1. The van der Waals surface area contributed by atoms with Gasteiger partial charge in [0.2, 0.25) is 5.91 Å². The Labute approximate surface area is 222 Å². The van der Waals surface area contributed by atoms with E-state index in [2.05, 4.69) is 4.98 Å². The zero-order valence-electron chi connectivity index (χ0n) is 21.2. The summed E-state index contributed by atoms with van der Waals surface area (Å²) >= 11 is 0. The molecule has 200 valence electrons. The van der Waals surface area contributed by atoms with Crippen LogP contribution in [0.4, 0.5) is 0 Å². The Morgan fingerprint density at radius 1 is 1.10 bits per heavy atom. The molecule has 12 nitrogen and oxygen atoms in total. The number of hydrogen-bond donors (Lipinski definition) is 4. The number of aromatic hydroxyl groups is 1. The average Bonchev–Trinajstić information content (AvgIpc) is 2.83. The first-order valence-electron chi connectivity index (χ1n) is 12.1. The van der Waals surface area contributed by atoms with Gasteiger partial charge in [-0.2, -0.15) is 5.26 Å². The van der Waals surface area contributed by atoms with E-state index >= 15 is 0 Å². The number of carbonyl (C=O) groups is 5. The minimum absolute atomic E-state index is 0.140. The van der Waals surface area contributed by atoms with Crippen LogP contribution in [0.25, 0.3) is 11.1 Å². The van der Waals surface area contributed by atoms with Gasteiger partial charge in [0.05, 0.1) is 23.2 Å². The highest BCUT2D eigenvalue weighted by molar-refractivity contribution is 6.33. The minimum Gasteiger partial charge on any atom is -0.507 e. The molecule has 12 heteroatoms. The molecule has 6 atom stereocenters. The van der Waals surface area contributed by atoms with Crippen LogP contribution in [0.2, 0.25) is 0 Å². The molecule has 2 saturated carbocycles. The lowest BCUT2D eigenvalue weighted by atomic mass is 9.42. The number of nitrogens with zero attached hydrogens (tertiary/aromatic N) is 3. The van der Waals surface area contributed by atoms with Gasteiger partial charge in [-0.15, -0.1) is 0 Å². The van der Waals surface area contributed by atoms with E-state index in [4.69, 9.17) is 17.2 Å². The molecule has 0 bridgehead atoms. The summed E-state index contributed by atoms with van der Waals surface area (Å²) in [5.74, 6) is -9.98. The Morgan fingerprint density at radius 2 is 1.74 bits per heavy atom. The van der Waals surface area contributed by atoms with Gasteiger partial charge in [0, 0.05) is 17.9 Å². The Balaban J connectivity index is 1.79. The average molecular weight is 531 g/mol. The highest BCUT2D eigenvalue weighted by Gasteiger charge is 2.78. The quantitative estimate of drug-likeness (QED) is 0.347. The van der Waals surface area contributed by atoms with Crippen LogP contribution >= 0.6 is 0 Å². The number of amides is 1. The smallest absolute Gasteiger partial charge is 0.235 e. The number of nitrogens with two attached hydrogens (primary N) is 3. The number of aromatic nitrogens is 1. The Bertz CT molecular complexity index is 1530. The Morgan fingerprint density at radius 3 is 2.31 bits per heavy atom. The number of fused-ring (bicyclic) bond motifs is 3. The third kappa shape index (κ3) is 3.15. The number of phenols is 1. The number of Topliss-reactive ketones (excluding diaryl/α,β-unsaturated/α-hetero) is 4. The van der Waals surface area contributed by atoms with Gasteiger partial charge in [0.25, 0.3) is 0 Å². The van der Waals surface area contributed by atoms with E-state index in [9.17, 15) is 34.3 Å². The van der Waals surface area contributed by atoms with Gasteiger partial charge < -0.3 is 22.3 Å². The van der Waals surface area contributed by atoms with Crippen molar-refractivity contribution in [3.63, 3.8) is 0 Å². The fourth-order valence-corrected chi connectivity index (χ4v) is 7.01. The SMILES string of the molecule is CN(C)[C@@H]1C(=O)C(C(N)=O)C(=O)[C@@]2(C#N)C(=O)C3C(=O)c4c(O)ccc(-c5ccncc5)c4C[C@@]3(N)C[C@@]12N. The summed E-state index contributed by atoms with van der Waals surface area (Å²) in [7, 11) is 2.90. The monoisotopic (exact) mass is 530 g/mol. The van der Waals surface area contributed by atoms with Crippen LogP contribution in [0.1, 0.15) is 22.3 Å². The van der Waals surface area contributed by atoms with Gasteiger partial charge in [-0.3, -0.25) is 33.9 Å². The molecule has 3 aliphatic carbocycles. The van der Waals surface area contributed by atoms with E-state index in [0.717, 1.165) is 0 Å². The highest BCUT2D eigenvalue weighted by Crippen LogP contribution is 2.56. The van der Waals surface area contributed by atoms with Crippen molar-refractivity contribution in [1.82, 2.24) is 9.88 Å². The van der Waals surface area contributed by atoms with Crippen molar-refractivity contribution >= 4 is 29.0 Å². The number of likely N-dealkylation sites (N-methyl/N-ethyl adjacent to an activating group) is 1. The molecular formula is C27H26N6O6. The number of pyridine rings is 1. The van der Waals surface area contributed by atoms with Gasteiger partial charge in [-0.05, 0) is 61.8 Å². The first-order valence-corrected chi connectivity index (χ1v) is 12.1. The third-order valence-corrected chi connectivity index (χ3v) is 8.47. The fourth-order valence-electron chi connectivity index (χ4n) is 7.01. The second-order valence-electron chi connectivity index (χ2n) is 10.8. The van der Waals surface area contributed by atoms with Crippen molar-refractivity contribution < 1.29 is 29.1 Å². The van der Waals surface area contributed by atoms with Crippen LogP contribution < -0.4 is 17.2 Å². The number of nitriles is 1. The zero-order chi connectivity index (χ0) is 28.7. The van der Waals surface area contributed by atoms with Crippen molar-refractivity contribution in [3.8, 4) is 22.9 Å². The molecule has 5 rings (SSSR count). The number of carbonyl (C=O) groups excluding carboxylic acids is 5. The van der Waals surface area contributed by atoms with Gasteiger partial charge in [0.1, 0.15) is 11.7 Å². The van der Waals surface area contributed by atoms with Crippen molar-refractivity contribution in [2.24, 2.45) is 34.5 Å². The standard InChI is InChI=1S/C27H26N6O6/c1-33(2)21-20(36)17(24(29)39)22(37)26(11-28)23(38)18-19(35)16-14(9-25(18,30)10-27(21,26)31)13(3-4-15(16)34)12-5-7-32-8-6-12/h3-8,17-18,21,34H,9-10,30-31H2,1-2H3,(H2,29,39)/t17?,18?,21-,25-,26+,27-/m1/s1. The maximum Gasteiger partial charge on any atom is 0.235 e. The molecular weight excluding hydrogens is 504 g/mol. The lowest BCUT2D eigenvalue weighted by Crippen LogP contribution is -2.85. The summed E-state index contributed by atoms with van der Waals surface area (Å²) in [5.41, 5.74) is 13.8. The maximum absolute atomic E-state index is 14.3. The van der Waals surface area contributed by atoms with E-state index in [-0.39, 0.29) is 12.0 Å². The summed E-state index contributed by atoms with van der Waals surface area (Å²) in [6.07, 6.45) is 2.50. The predicted octanol–water partition coefficient (Wildman–Crippen LogP) is -1.13. The lowest BCUT2D eigenvalue weighted by molar-refractivity contribution is -0.166. The first-order chi connectivity index (χ1) is 18.3. The molecule has 3 aliphatic rings. The Kier molecular flexibility index (Phi) is 5.63. The van der Waals surface area contributed by atoms with Crippen molar-refractivity contribution in [3.05, 3.63) is 47.8 Å². The number of primary amides is 1. The fraction of sp³-hybridized carbons (Fsp3) is 0.370. The van der Waals surface area contributed by atoms with Crippen LogP contribution in [0.5, 0.6) is 5.75 Å². The molecule has 1 heterocycles. The molecule has 2 aromatic rings. The first kappa shape index (κ1) is 26.3.